The van der Waals surface area contributed by atoms with E-state index in [1.54, 1.807) is 26.0 Å². The minimum Gasteiger partial charge on any atom is -0.481 e. The number of rotatable bonds is 26. The zero-order chi connectivity index (χ0) is 48.4. The fourth-order valence-corrected chi connectivity index (χ4v) is 8.35. The first-order valence-electron chi connectivity index (χ1n) is 20.9. The van der Waals surface area contributed by atoms with Crippen LogP contribution in [0.4, 0.5) is 0 Å². The molecule has 11 N–H and O–H groups in total. The number of amides is 8. The Kier molecular flexibility index (Phi) is 20.8. The van der Waals surface area contributed by atoms with Gasteiger partial charge in [0.05, 0.1) is 17.7 Å². The van der Waals surface area contributed by atoms with Crippen LogP contribution >= 0.6 is 11.8 Å². The van der Waals surface area contributed by atoms with Gasteiger partial charge in [0, 0.05) is 19.5 Å². The summed E-state index contributed by atoms with van der Waals surface area (Å²) in [5.41, 5.74) is 12.5. The van der Waals surface area contributed by atoms with Crippen LogP contribution in [0, 0.1) is 5.92 Å². The first-order valence-corrected chi connectivity index (χ1v) is 23.8. The van der Waals surface area contributed by atoms with E-state index in [9.17, 15) is 56.7 Å². The SMILES string of the molecule is CSCC[C@H](NC(=O)[C@H](CC(C)C)NC(=O)[C@H](C)NC(=O)[C@H](CC(=O)O)NC(=O)[C@H](CC(N)=O)NC(=O)CCNS(=O)(=O)c1ccc(-c2ccccc2)cc1)C(=O)N1CCC[C@H]1C(N)=O. The number of sulfonamides is 1. The monoisotopic (exact) mass is 945 g/mol. The summed E-state index contributed by atoms with van der Waals surface area (Å²) in [6.07, 6.45) is 0.792. The lowest BCUT2D eigenvalue weighted by Crippen LogP contribution is -2.59. The number of hydrogen-bond acceptors (Lipinski definition) is 12. The van der Waals surface area contributed by atoms with E-state index in [1.807, 2.05) is 36.6 Å². The molecule has 1 aliphatic heterocycles. The van der Waals surface area contributed by atoms with Gasteiger partial charge in [-0.25, -0.2) is 13.1 Å². The van der Waals surface area contributed by atoms with Gasteiger partial charge in [-0.3, -0.25) is 43.2 Å². The molecule has 356 valence electrons. The third-order valence-electron chi connectivity index (χ3n) is 10.2. The molecule has 21 nitrogen and oxygen atoms in total. The Morgan fingerprint density at radius 2 is 1.32 bits per heavy atom. The lowest BCUT2D eigenvalue weighted by atomic mass is 10.0. The summed E-state index contributed by atoms with van der Waals surface area (Å²) in [6, 6.07) is 7.24. The molecule has 6 atom stereocenters. The molecule has 1 fully saturated rings. The highest BCUT2D eigenvalue weighted by Gasteiger charge is 2.38. The van der Waals surface area contributed by atoms with Crippen molar-refractivity contribution in [3.05, 3.63) is 54.6 Å². The maximum Gasteiger partial charge on any atom is 0.305 e. The first-order chi connectivity index (χ1) is 30.6. The van der Waals surface area contributed by atoms with Gasteiger partial charge in [-0.1, -0.05) is 56.3 Å². The third kappa shape index (κ3) is 17.1. The molecule has 3 rings (SSSR count). The smallest absolute Gasteiger partial charge is 0.305 e. The first kappa shape index (κ1) is 53.3. The Labute approximate surface area is 381 Å². The largest absolute Gasteiger partial charge is 0.481 e. The summed E-state index contributed by atoms with van der Waals surface area (Å²) in [4.78, 5) is 117. The molecule has 0 radical (unpaired) electrons. The van der Waals surface area contributed by atoms with Crippen molar-refractivity contribution in [2.75, 3.05) is 25.1 Å². The standard InChI is InChI=1S/C42H59N9O12S2/c1-24(2)21-30(40(59)48-29(17-20-64-4)42(61)51-19-8-11-33(51)37(44)56)49-38(57)25(3)46-39(58)32(23-36(54)55)50-41(60)31(22-34(43)52)47-35(53)16-18-45-65(62,63)28-14-12-27(13-15-28)26-9-6-5-7-10-26/h5-7,9-10,12-15,24-25,29-33,45H,8,11,16-23H2,1-4H3,(H2,43,52)(H2,44,56)(H,46,58)(H,47,53)(H,48,59)(H,49,57)(H,50,60)(H,54,55)/t25-,29-,30-,31-,32-,33-/m0/s1. The van der Waals surface area contributed by atoms with Crippen molar-refractivity contribution in [1.29, 1.82) is 0 Å². The van der Waals surface area contributed by atoms with Gasteiger partial charge < -0.3 is 48.1 Å². The van der Waals surface area contributed by atoms with Crippen LogP contribution in [0.1, 0.15) is 65.7 Å². The van der Waals surface area contributed by atoms with Crippen molar-refractivity contribution in [3.63, 3.8) is 0 Å². The molecular weight excluding hydrogens is 887 g/mol. The van der Waals surface area contributed by atoms with Gasteiger partial charge in [0.2, 0.25) is 57.3 Å². The second kappa shape index (κ2) is 25.4. The van der Waals surface area contributed by atoms with Crippen LogP contribution in [0.3, 0.4) is 0 Å². The Balaban J connectivity index is 1.64. The summed E-state index contributed by atoms with van der Waals surface area (Å²) in [5.74, 6) is -8.24. The second-order valence-corrected chi connectivity index (χ2v) is 18.6. The number of carboxylic acids is 1. The fourth-order valence-electron chi connectivity index (χ4n) is 6.84. The lowest BCUT2D eigenvalue weighted by molar-refractivity contribution is -0.142. The number of nitrogens with two attached hydrogens (primary N) is 2. The number of carbonyl (C=O) groups is 9. The van der Waals surface area contributed by atoms with E-state index >= 15 is 0 Å². The van der Waals surface area contributed by atoms with Crippen molar-refractivity contribution in [2.24, 2.45) is 17.4 Å². The van der Waals surface area contributed by atoms with Gasteiger partial charge in [0.25, 0.3) is 0 Å². The Hall–Kier alpha value is -6.07. The average Bonchev–Trinajstić information content (AvgIpc) is 3.75. The van der Waals surface area contributed by atoms with Gasteiger partial charge >= 0.3 is 5.97 Å². The van der Waals surface area contributed by atoms with E-state index in [0.29, 0.717) is 18.6 Å². The minimum absolute atomic E-state index is 0.0719. The predicted molar refractivity (Wildman–Crippen MR) is 239 cm³/mol. The molecule has 8 amide bonds. The average molecular weight is 946 g/mol. The zero-order valence-electron chi connectivity index (χ0n) is 36.7. The van der Waals surface area contributed by atoms with Crippen molar-refractivity contribution in [3.8, 4) is 11.1 Å². The van der Waals surface area contributed by atoms with E-state index in [-0.39, 0.29) is 30.2 Å². The molecule has 1 aliphatic rings. The molecular formula is C42H59N9O12S2. The second-order valence-electron chi connectivity index (χ2n) is 15.8. The number of carbonyl (C=O) groups excluding carboxylic acids is 8. The van der Waals surface area contributed by atoms with E-state index < -0.39 is 125 Å². The zero-order valence-corrected chi connectivity index (χ0v) is 38.3. The van der Waals surface area contributed by atoms with Gasteiger partial charge in [-0.05, 0) is 73.8 Å². The van der Waals surface area contributed by atoms with E-state index in [0.717, 1.165) is 11.1 Å². The molecule has 0 unspecified atom stereocenters. The van der Waals surface area contributed by atoms with Crippen LogP contribution in [0.5, 0.6) is 0 Å². The highest BCUT2D eigenvalue weighted by Crippen LogP contribution is 2.22. The van der Waals surface area contributed by atoms with Crippen molar-refractivity contribution in [2.45, 2.75) is 107 Å². The number of hydrogen-bond donors (Lipinski definition) is 9. The maximum atomic E-state index is 13.7. The predicted octanol–water partition coefficient (Wildman–Crippen LogP) is -0.908. The van der Waals surface area contributed by atoms with Crippen molar-refractivity contribution < 1.29 is 56.7 Å². The highest BCUT2D eigenvalue weighted by atomic mass is 32.2. The minimum atomic E-state index is -4.07. The number of carboxylic acid groups (broad SMARTS) is 1. The molecule has 2 aromatic rings. The topological polar surface area (TPSA) is 335 Å². The number of thioether (sulfide) groups is 1. The number of benzene rings is 2. The number of aliphatic carboxylic acids is 1. The van der Waals surface area contributed by atoms with Gasteiger partial charge in [0.1, 0.15) is 36.3 Å². The number of likely N-dealkylation sites (tertiary alicyclic amines) is 1. The summed E-state index contributed by atoms with van der Waals surface area (Å²) in [6.45, 7) is 4.68. The molecule has 0 bridgehead atoms. The molecule has 0 aromatic heterocycles. The summed E-state index contributed by atoms with van der Waals surface area (Å²) in [5, 5.41) is 21.5. The molecule has 0 spiro atoms. The molecule has 1 saturated heterocycles. The third-order valence-corrected chi connectivity index (χ3v) is 12.3. The molecule has 23 heteroatoms. The number of nitrogens with one attached hydrogen (secondary N) is 6. The van der Waals surface area contributed by atoms with Crippen LogP contribution in [-0.4, -0.2) is 133 Å². The highest BCUT2D eigenvalue weighted by molar-refractivity contribution is 7.98. The van der Waals surface area contributed by atoms with Crippen molar-refractivity contribution >= 4 is 75.0 Å². The Morgan fingerprint density at radius 3 is 1.91 bits per heavy atom. The van der Waals surface area contributed by atoms with Gasteiger partial charge in [-0.2, -0.15) is 11.8 Å². The number of primary amides is 2. The van der Waals surface area contributed by atoms with Crippen LogP contribution in [-0.2, 0) is 53.2 Å². The van der Waals surface area contributed by atoms with E-state index in [2.05, 4.69) is 31.3 Å². The summed E-state index contributed by atoms with van der Waals surface area (Å²) < 4.78 is 28.1. The van der Waals surface area contributed by atoms with Crippen LogP contribution in [0.2, 0.25) is 0 Å². The summed E-state index contributed by atoms with van der Waals surface area (Å²) in [7, 11) is -4.07. The molecule has 65 heavy (non-hydrogen) atoms. The Bertz CT molecular complexity index is 2140. The molecule has 1 heterocycles. The van der Waals surface area contributed by atoms with E-state index in [1.165, 1.54) is 35.7 Å². The normalized spacial score (nSPS) is 16.0. The quantitative estimate of drug-likeness (QED) is 0.0553. The number of nitrogens with zero attached hydrogens (tertiary/aromatic N) is 1. The molecule has 0 saturated carbocycles. The van der Waals surface area contributed by atoms with Crippen LogP contribution in [0.15, 0.2) is 59.5 Å². The van der Waals surface area contributed by atoms with Crippen molar-refractivity contribution in [1.82, 2.24) is 36.2 Å². The summed E-state index contributed by atoms with van der Waals surface area (Å²) >= 11 is 1.44. The fraction of sp³-hybridized carbons (Fsp3) is 0.500. The maximum absolute atomic E-state index is 13.7. The van der Waals surface area contributed by atoms with Crippen LogP contribution < -0.4 is 42.8 Å². The van der Waals surface area contributed by atoms with Crippen LogP contribution in [0.25, 0.3) is 11.1 Å². The molecule has 0 aliphatic carbocycles. The lowest BCUT2D eigenvalue weighted by Gasteiger charge is -2.29. The molecule has 2 aromatic carbocycles. The van der Waals surface area contributed by atoms with E-state index in [4.69, 9.17) is 11.5 Å². The van der Waals surface area contributed by atoms with Gasteiger partial charge in [-0.15, -0.1) is 0 Å². The Morgan fingerprint density at radius 1 is 0.754 bits per heavy atom. The van der Waals surface area contributed by atoms with Gasteiger partial charge in [0.15, 0.2) is 0 Å².